The Labute approximate surface area is 245 Å². The molecule has 2 heterocycles. The molecule has 1 unspecified atom stereocenters. The van der Waals surface area contributed by atoms with Crippen molar-refractivity contribution in [3.05, 3.63) is 77.1 Å². The van der Waals surface area contributed by atoms with Crippen molar-refractivity contribution in [2.24, 2.45) is 0 Å². The lowest BCUT2D eigenvalue weighted by Gasteiger charge is -2.33. The average molecular weight is 560 g/mol. The Morgan fingerprint density at radius 2 is 1.39 bits per heavy atom. The molecule has 3 aromatic rings. The molecule has 0 bridgehead atoms. The molecule has 4 rings (SSSR count). The molecule has 7 heteroatoms. The number of cyclic esters (lactones) is 1. The fourth-order valence-corrected chi connectivity index (χ4v) is 5.30. The molecule has 0 radical (unpaired) electrons. The van der Waals surface area contributed by atoms with Crippen molar-refractivity contribution in [3.63, 3.8) is 0 Å². The highest BCUT2D eigenvalue weighted by Gasteiger charge is 2.53. The number of ether oxygens (including phenoxy) is 3. The normalized spacial score (nSPS) is 15.8. The number of carbonyl (C=O) groups excluding carboxylic acids is 1. The second-order valence-electron chi connectivity index (χ2n) is 10.4. The second kappa shape index (κ2) is 13.7. The first-order chi connectivity index (χ1) is 19.9. The van der Waals surface area contributed by atoms with Crippen molar-refractivity contribution in [2.45, 2.75) is 65.9 Å². The molecule has 0 fully saturated rings. The van der Waals surface area contributed by atoms with Gasteiger partial charge in [-0.05, 0) is 70.0 Å². The molecular weight excluding hydrogens is 514 g/mol. The summed E-state index contributed by atoms with van der Waals surface area (Å²) < 4.78 is 19.4. The SMILES string of the molecule is CCCCOc1cc(N(C)CC)ccc1C1(c2ccc(N(CC)CC)cc2OCCCC)OC(=O)c2cccnc21. The largest absolute Gasteiger partial charge is 0.493 e. The van der Waals surface area contributed by atoms with Gasteiger partial charge in [-0.15, -0.1) is 0 Å². The van der Waals surface area contributed by atoms with Gasteiger partial charge in [0.15, 0.2) is 0 Å². The number of pyridine rings is 1. The Kier molecular flexibility index (Phi) is 10.1. The number of esters is 1. The minimum Gasteiger partial charge on any atom is -0.493 e. The summed E-state index contributed by atoms with van der Waals surface area (Å²) in [5.41, 5.74) is 3.25. The maximum atomic E-state index is 13.5. The van der Waals surface area contributed by atoms with E-state index >= 15 is 0 Å². The number of fused-ring (bicyclic) bond motifs is 1. The van der Waals surface area contributed by atoms with Crippen molar-refractivity contribution >= 4 is 17.3 Å². The molecule has 0 N–H and O–H groups in total. The van der Waals surface area contributed by atoms with Gasteiger partial charge in [-0.2, -0.15) is 0 Å². The lowest BCUT2D eigenvalue weighted by atomic mass is 9.81. The Morgan fingerprint density at radius 3 is 1.95 bits per heavy atom. The summed E-state index contributed by atoms with van der Waals surface area (Å²) in [6.45, 7) is 14.4. The van der Waals surface area contributed by atoms with Gasteiger partial charge < -0.3 is 24.0 Å². The maximum absolute atomic E-state index is 13.5. The van der Waals surface area contributed by atoms with Crippen LogP contribution in [-0.2, 0) is 10.3 Å². The van der Waals surface area contributed by atoms with Crippen LogP contribution in [0, 0.1) is 0 Å². The smallest absolute Gasteiger partial charge is 0.341 e. The zero-order chi connectivity index (χ0) is 29.4. The molecule has 0 spiro atoms. The zero-order valence-electron chi connectivity index (χ0n) is 25.5. The van der Waals surface area contributed by atoms with Crippen LogP contribution in [0.3, 0.4) is 0 Å². The minimum absolute atomic E-state index is 0.408. The van der Waals surface area contributed by atoms with Crippen LogP contribution in [0.1, 0.15) is 87.5 Å². The minimum atomic E-state index is -1.33. The Morgan fingerprint density at radius 1 is 0.805 bits per heavy atom. The molecule has 1 atom stereocenters. The van der Waals surface area contributed by atoms with E-state index < -0.39 is 11.6 Å². The molecule has 2 aromatic carbocycles. The lowest BCUT2D eigenvalue weighted by molar-refractivity contribution is 0.0227. The van der Waals surface area contributed by atoms with Gasteiger partial charge in [0.1, 0.15) is 17.2 Å². The first-order valence-corrected chi connectivity index (χ1v) is 15.1. The molecule has 220 valence electrons. The first-order valence-electron chi connectivity index (χ1n) is 15.1. The Hall–Kier alpha value is -3.74. The topological polar surface area (TPSA) is 64.1 Å². The highest BCUT2D eigenvalue weighted by molar-refractivity contribution is 5.96. The van der Waals surface area contributed by atoms with E-state index in [-0.39, 0.29) is 0 Å². The van der Waals surface area contributed by atoms with Crippen LogP contribution in [0.5, 0.6) is 11.5 Å². The number of carbonyl (C=O) groups is 1. The van der Waals surface area contributed by atoms with Crippen molar-refractivity contribution in [1.29, 1.82) is 0 Å². The van der Waals surface area contributed by atoms with E-state index in [1.54, 1.807) is 18.3 Å². The standard InChI is InChI=1S/C34H45N3O4/c1-7-12-21-39-30-23-25(36(6)9-3)16-18-28(30)34(32-27(33(38)41-34)15-14-20-35-32)29-19-17-26(37(10-4)11-5)24-31(29)40-22-13-8-2/h14-20,23-24H,7-13,21-22H2,1-6H3. The van der Waals surface area contributed by atoms with Crippen LogP contribution < -0.4 is 19.3 Å². The van der Waals surface area contributed by atoms with Crippen molar-refractivity contribution in [1.82, 2.24) is 4.98 Å². The number of unbranched alkanes of at least 4 members (excludes halogenated alkanes) is 2. The molecule has 7 nitrogen and oxygen atoms in total. The fraction of sp³-hybridized carbons (Fsp3) is 0.471. The number of rotatable bonds is 15. The van der Waals surface area contributed by atoms with E-state index in [0.29, 0.717) is 36.0 Å². The summed E-state index contributed by atoms with van der Waals surface area (Å²) in [5.74, 6) is 0.952. The predicted octanol–water partition coefficient (Wildman–Crippen LogP) is 7.20. The third-order valence-corrected chi connectivity index (χ3v) is 7.85. The van der Waals surface area contributed by atoms with Gasteiger partial charge in [0.25, 0.3) is 0 Å². The van der Waals surface area contributed by atoms with Crippen LogP contribution in [0.2, 0.25) is 0 Å². The van der Waals surface area contributed by atoms with Gasteiger partial charge in [0.2, 0.25) is 5.60 Å². The van der Waals surface area contributed by atoms with Crippen molar-refractivity contribution in [2.75, 3.05) is 49.7 Å². The Balaban J connectivity index is 2.01. The summed E-state index contributed by atoms with van der Waals surface area (Å²) in [7, 11) is 2.05. The van der Waals surface area contributed by atoms with Crippen molar-refractivity contribution in [3.8, 4) is 11.5 Å². The lowest BCUT2D eigenvalue weighted by Crippen LogP contribution is -2.32. The predicted molar refractivity (Wildman–Crippen MR) is 166 cm³/mol. The van der Waals surface area contributed by atoms with Gasteiger partial charge in [-0.1, -0.05) is 26.7 Å². The highest BCUT2D eigenvalue weighted by atomic mass is 16.6. The maximum Gasteiger partial charge on any atom is 0.341 e. The highest BCUT2D eigenvalue weighted by Crippen LogP contribution is 2.52. The van der Waals surface area contributed by atoms with Gasteiger partial charge in [-0.25, -0.2) is 4.79 Å². The van der Waals surface area contributed by atoms with Gasteiger partial charge in [0.05, 0.1) is 18.8 Å². The summed E-state index contributed by atoms with van der Waals surface area (Å²) >= 11 is 0. The number of aromatic nitrogens is 1. The van der Waals surface area contributed by atoms with Crippen LogP contribution >= 0.6 is 0 Å². The van der Waals surface area contributed by atoms with Crippen molar-refractivity contribution < 1.29 is 19.0 Å². The molecule has 41 heavy (non-hydrogen) atoms. The number of nitrogens with zero attached hydrogens (tertiary/aromatic N) is 3. The fourth-order valence-electron chi connectivity index (χ4n) is 5.30. The molecule has 0 aliphatic carbocycles. The average Bonchev–Trinajstić information content (AvgIpc) is 3.30. The zero-order valence-corrected chi connectivity index (χ0v) is 25.5. The van der Waals surface area contributed by atoms with Crippen LogP contribution in [0.4, 0.5) is 11.4 Å². The third-order valence-electron chi connectivity index (χ3n) is 7.85. The van der Waals surface area contributed by atoms with E-state index in [2.05, 4.69) is 69.7 Å². The summed E-state index contributed by atoms with van der Waals surface area (Å²) in [5, 5.41) is 0. The molecule has 0 saturated heterocycles. The molecule has 1 aromatic heterocycles. The first kappa shape index (κ1) is 30.2. The number of anilines is 2. The second-order valence-corrected chi connectivity index (χ2v) is 10.4. The number of hydrogen-bond acceptors (Lipinski definition) is 7. The quantitative estimate of drug-likeness (QED) is 0.144. The van der Waals surface area contributed by atoms with Crippen LogP contribution in [-0.4, -0.2) is 50.8 Å². The van der Waals surface area contributed by atoms with Gasteiger partial charge in [-0.3, -0.25) is 4.98 Å². The van der Waals surface area contributed by atoms with E-state index in [9.17, 15) is 4.79 Å². The van der Waals surface area contributed by atoms with Crippen LogP contribution in [0.15, 0.2) is 54.7 Å². The number of hydrogen-bond donors (Lipinski definition) is 0. The van der Waals surface area contributed by atoms with Gasteiger partial charge >= 0.3 is 5.97 Å². The summed E-state index contributed by atoms with van der Waals surface area (Å²) in [4.78, 5) is 22.7. The monoisotopic (exact) mass is 559 g/mol. The number of benzene rings is 2. The molecule has 1 aliphatic heterocycles. The molecule has 0 saturated carbocycles. The Bertz CT molecular complexity index is 1320. The van der Waals surface area contributed by atoms with Crippen LogP contribution in [0.25, 0.3) is 0 Å². The third kappa shape index (κ3) is 5.99. The van der Waals surface area contributed by atoms with E-state index in [1.807, 2.05) is 18.2 Å². The molecule has 1 aliphatic rings. The molecular formula is C34H45N3O4. The summed E-state index contributed by atoms with van der Waals surface area (Å²) in [6, 6.07) is 15.9. The van der Waals surface area contributed by atoms with Gasteiger partial charge in [0, 0.05) is 67.5 Å². The summed E-state index contributed by atoms with van der Waals surface area (Å²) in [6.07, 6.45) is 5.57. The van der Waals surface area contributed by atoms with E-state index in [0.717, 1.165) is 67.8 Å². The van der Waals surface area contributed by atoms with E-state index in [1.165, 1.54) is 0 Å². The van der Waals surface area contributed by atoms with E-state index in [4.69, 9.17) is 19.2 Å². The molecule has 0 amide bonds.